The number of anilines is 2. The van der Waals surface area contributed by atoms with Crippen molar-refractivity contribution in [1.29, 1.82) is 0 Å². The van der Waals surface area contributed by atoms with Crippen LogP contribution < -0.4 is 15.7 Å². The molecule has 0 bridgehead atoms. The maximum atomic E-state index is 4.71. The number of thiol groups is 2. The van der Waals surface area contributed by atoms with Crippen molar-refractivity contribution in [2.24, 2.45) is 5.10 Å². The Hall–Kier alpha value is -2.16. The van der Waals surface area contributed by atoms with E-state index >= 15 is 0 Å². The monoisotopic (exact) mass is 371 g/mol. The van der Waals surface area contributed by atoms with Crippen LogP contribution in [0.25, 0.3) is 0 Å². The number of hydrogen-bond acceptors (Lipinski definition) is 8. The Morgan fingerprint density at radius 3 is 2.21 bits per heavy atom. The summed E-state index contributed by atoms with van der Waals surface area (Å²) in [6.45, 7) is 0. The first-order valence-electron chi connectivity index (χ1n) is 7.17. The molecule has 2 heterocycles. The number of hydrazone groups is 1. The number of hydrazine groups is 2. The number of hydrogen-bond donors (Lipinski definition) is 3. The summed E-state index contributed by atoms with van der Waals surface area (Å²) in [7, 11) is 0. The first kappa shape index (κ1) is 15.4. The molecule has 1 aliphatic rings. The van der Waals surface area contributed by atoms with E-state index in [0.29, 0.717) is 10.2 Å². The third-order valence-electron chi connectivity index (χ3n) is 3.39. The molecule has 0 saturated heterocycles. The maximum absolute atomic E-state index is 4.71. The molecule has 0 aliphatic carbocycles. The highest BCUT2D eigenvalue weighted by Crippen LogP contribution is 2.34. The molecule has 1 aromatic heterocycles. The van der Waals surface area contributed by atoms with Gasteiger partial charge in [-0.1, -0.05) is 59.9 Å². The fraction of sp³-hybridized carbons (Fsp3) is 0. The van der Waals surface area contributed by atoms with Gasteiger partial charge in [-0.3, -0.25) is 5.43 Å². The Labute approximate surface area is 154 Å². The number of nitrogens with one attached hydrogen (secondary N) is 1. The van der Waals surface area contributed by atoms with E-state index in [9.17, 15) is 0 Å². The molecule has 0 fully saturated rings. The lowest BCUT2D eigenvalue weighted by Crippen LogP contribution is -2.44. The van der Waals surface area contributed by atoms with Crippen molar-refractivity contribution in [1.82, 2.24) is 10.4 Å². The summed E-state index contributed by atoms with van der Waals surface area (Å²) in [5.74, 6) is 0.746. The Kier molecular flexibility index (Phi) is 4.09. The lowest BCUT2D eigenvalue weighted by atomic mass is 10.2. The Morgan fingerprint density at radius 1 is 0.917 bits per heavy atom. The second kappa shape index (κ2) is 6.39. The van der Waals surface area contributed by atoms with Gasteiger partial charge in [-0.2, -0.15) is 0 Å². The van der Waals surface area contributed by atoms with E-state index in [1.807, 2.05) is 60.7 Å². The van der Waals surface area contributed by atoms with Gasteiger partial charge in [-0.25, -0.2) is 4.98 Å². The summed E-state index contributed by atoms with van der Waals surface area (Å²) < 4.78 is 0.760. The fourth-order valence-electron chi connectivity index (χ4n) is 2.28. The van der Waals surface area contributed by atoms with E-state index in [0.717, 1.165) is 21.3 Å². The maximum Gasteiger partial charge on any atom is 0.229 e. The molecule has 0 spiro atoms. The van der Waals surface area contributed by atoms with E-state index in [2.05, 4.69) is 35.7 Å². The first-order chi connectivity index (χ1) is 11.7. The predicted molar refractivity (Wildman–Crippen MR) is 104 cm³/mol. The van der Waals surface area contributed by atoms with E-state index in [1.54, 1.807) is 10.2 Å². The molecule has 0 radical (unpaired) electrons. The van der Waals surface area contributed by atoms with Crippen LogP contribution in [0.5, 0.6) is 0 Å². The van der Waals surface area contributed by atoms with Crippen molar-refractivity contribution >= 4 is 53.2 Å². The number of thiazole rings is 1. The van der Waals surface area contributed by atoms with Crippen LogP contribution in [0.1, 0.15) is 5.56 Å². The molecule has 4 rings (SSSR count). The van der Waals surface area contributed by atoms with E-state index in [-0.39, 0.29) is 0 Å². The molecule has 8 heteroatoms. The second-order valence-electron chi connectivity index (χ2n) is 4.99. The first-order valence-corrected chi connectivity index (χ1v) is 8.88. The van der Waals surface area contributed by atoms with Gasteiger partial charge in [-0.15, -0.1) is 40.6 Å². The van der Waals surface area contributed by atoms with Gasteiger partial charge in [0.05, 0.1) is 9.90 Å². The standard InChI is InChI=1S/C16H13N5S3/c22-14-15(23)24-16(17-14)21-19-13(11-7-3-1-4-8-11)18-20(21)12-9-5-2-6-10-12/h1-10,22-23H,(H,18,19). The molecule has 5 nitrogen and oxygen atoms in total. The highest BCUT2D eigenvalue weighted by molar-refractivity contribution is 7.85. The smallest absolute Gasteiger partial charge is 0.229 e. The SMILES string of the molecule is Sc1nc(N2NC(c3ccccc3)=NN2c2ccccc2)sc1S. The summed E-state index contributed by atoms with van der Waals surface area (Å²) in [5, 5.41) is 9.59. The average molecular weight is 372 g/mol. The molecule has 0 atom stereocenters. The van der Waals surface area contributed by atoms with Crippen LogP contribution in [0.15, 0.2) is 75.0 Å². The fourth-order valence-corrected chi connectivity index (χ4v) is 3.53. The van der Waals surface area contributed by atoms with Gasteiger partial charge in [-0.05, 0) is 12.1 Å². The Balaban J connectivity index is 1.76. The third kappa shape index (κ3) is 2.83. The van der Waals surface area contributed by atoms with Crippen molar-refractivity contribution in [3.05, 3.63) is 66.2 Å². The summed E-state index contributed by atoms with van der Waals surface area (Å²) in [6.07, 6.45) is 0. The van der Waals surface area contributed by atoms with Crippen molar-refractivity contribution in [2.45, 2.75) is 9.24 Å². The van der Waals surface area contributed by atoms with Gasteiger partial charge in [0.2, 0.25) is 5.13 Å². The highest BCUT2D eigenvalue weighted by atomic mass is 32.2. The number of aromatic nitrogens is 1. The van der Waals surface area contributed by atoms with Crippen LogP contribution >= 0.6 is 36.6 Å². The molecular formula is C16H13N5S3. The number of rotatable bonds is 3. The quantitative estimate of drug-likeness (QED) is 0.612. The van der Waals surface area contributed by atoms with Crippen molar-refractivity contribution in [2.75, 3.05) is 10.2 Å². The van der Waals surface area contributed by atoms with Crippen LogP contribution in [-0.2, 0) is 0 Å². The number of para-hydroxylation sites is 1. The van der Waals surface area contributed by atoms with Gasteiger partial charge in [0, 0.05) is 5.56 Å². The molecule has 0 amide bonds. The molecule has 1 aliphatic heterocycles. The van der Waals surface area contributed by atoms with Gasteiger partial charge in [0.15, 0.2) is 5.84 Å². The number of benzene rings is 2. The molecule has 0 saturated carbocycles. The van der Waals surface area contributed by atoms with Gasteiger partial charge in [0.25, 0.3) is 0 Å². The predicted octanol–water partition coefficient (Wildman–Crippen LogP) is 3.83. The van der Waals surface area contributed by atoms with E-state index < -0.39 is 0 Å². The van der Waals surface area contributed by atoms with Crippen LogP contribution in [0.4, 0.5) is 10.8 Å². The van der Waals surface area contributed by atoms with Crippen LogP contribution in [0.3, 0.4) is 0 Å². The highest BCUT2D eigenvalue weighted by Gasteiger charge is 2.29. The molecule has 24 heavy (non-hydrogen) atoms. The molecule has 3 aromatic rings. The molecule has 120 valence electrons. The molecule has 2 aromatic carbocycles. The minimum atomic E-state index is 0.598. The van der Waals surface area contributed by atoms with Gasteiger partial charge >= 0.3 is 0 Å². The third-order valence-corrected chi connectivity index (χ3v) is 5.36. The summed E-state index contributed by atoms with van der Waals surface area (Å²) in [6, 6.07) is 19.9. The van der Waals surface area contributed by atoms with Crippen LogP contribution in [0.2, 0.25) is 0 Å². The molecular weight excluding hydrogens is 358 g/mol. The molecule has 0 unspecified atom stereocenters. The van der Waals surface area contributed by atoms with Crippen molar-refractivity contribution in [3.63, 3.8) is 0 Å². The van der Waals surface area contributed by atoms with E-state index in [4.69, 9.17) is 5.10 Å². The summed E-state index contributed by atoms with van der Waals surface area (Å²) in [5.41, 5.74) is 5.22. The zero-order valence-electron chi connectivity index (χ0n) is 12.4. The lowest BCUT2D eigenvalue weighted by molar-refractivity contribution is 0.762. The second-order valence-corrected chi connectivity index (χ2v) is 7.14. The minimum absolute atomic E-state index is 0.598. The Morgan fingerprint density at radius 2 is 1.58 bits per heavy atom. The normalized spacial score (nSPS) is 13.8. The summed E-state index contributed by atoms with van der Waals surface area (Å²) in [4.78, 5) is 4.45. The number of amidine groups is 1. The lowest BCUT2D eigenvalue weighted by Gasteiger charge is -2.25. The van der Waals surface area contributed by atoms with Crippen molar-refractivity contribution < 1.29 is 0 Å². The minimum Gasteiger partial charge on any atom is -0.256 e. The average Bonchev–Trinajstić information content (AvgIpc) is 3.21. The zero-order valence-corrected chi connectivity index (χ0v) is 15.0. The van der Waals surface area contributed by atoms with Crippen LogP contribution in [-0.4, -0.2) is 10.8 Å². The van der Waals surface area contributed by atoms with Gasteiger partial charge in [0.1, 0.15) is 5.03 Å². The van der Waals surface area contributed by atoms with Crippen molar-refractivity contribution in [3.8, 4) is 0 Å². The number of nitrogens with zero attached hydrogens (tertiary/aromatic N) is 4. The summed E-state index contributed by atoms with van der Waals surface area (Å²) >= 11 is 10.2. The Bertz CT molecular complexity index is 860. The molecule has 1 N–H and O–H groups in total. The van der Waals surface area contributed by atoms with Gasteiger partial charge < -0.3 is 0 Å². The largest absolute Gasteiger partial charge is 0.256 e. The van der Waals surface area contributed by atoms with Crippen LogP contribution in [0, 0.1) is 0 Å². The topological polar surface area (TPSA) is 43.8 Å². The zero-order chi connectivity index (χ0) is 16.5. The van der Waals surface area contributed by atoms with E-state index in [1.165, 1.54) is 11.3 Å².